The summed E-state index contributed by atoms with van der Waals surface area (Å²) in [6, 6.07) is 0. The molecule has 0 saturated carbocycles. The molecule has 1 saturated heterocycles. The lowest BCUT2D eigenvalue weighted by Gasteiger charge is -2.24. The lowest BCUT2D eigenvalue weighted by molar-refractivity contribution is 0.0228. The zero-order valence-corrected chi connectivity index (χ0v) is 10.9. The molecule has 0 aliphatic carbocycles. The minimum absolute atomic E-state index is 0.123. The predicted octanol–water partition coefficient (Wildman–Crippen LogP) is 1.24. The van der Waals surface area contributed by atoms with Crippen LogP contribution in [0.15, 0.2) is 24.1 Å². The van der Waals surface area contributed by atoms with Crippen molar-refractivity contribution in [1.82, 2.24) is 19.9 Å². The Bertz CT molecular complexity index is 476. The SMILES string of the molecule is c1csc(CCn2cncc2C2CNCCO2)n1. The maximum absolute atomic E-state index is 5.76. The molecule has 96 valence electrons. The van der Waals surface area contributed by atoms with E-state index < -0.39 is 0 Å². The Morgan fingerprint density at radius 3 is 3.33 bits per heavy atom. The summed E-state index contributed by atoms with van der Waals surface area (Å²) in [5.74, 6) is 0. The molecule has 0 bridgehead atoms. The van der Waals surface area contributed by atoms with Crippen molar-refractivity contribution < 1.29 is 4.74 Å². The van der Waals surface area contributed by atoms with E-state index in [2.05, 4.69) is 19.9 Å². The third-order valence-corrected chi connectivity index (χ3v) is 3.89. The minimum atomic E-state index is 0.123. The van der Waals surface area contributed by atoms with E-state index in [-0.39, 0.29) is 6.10 Å². The van der Waals surface area contributed by atoms with Crippen molar-refractivity contribution in [2.45, 2.75) is 19.1 Å². The molecule has 0 spiro atoms. The van der Waals surface area contributed by atoms with Gasteiger partial charge < -0.3 is 14.6 Å². The first-order valence-corrected chi connectivity index (χ1v) is 7.02. The zero-order valence-electron chi connectivity index (χ0n) is 10.1. The van der Waals surface area contributed by atoms with Gasteiger partial charge in [0.05, 0.1) is 29.8 Å². The van der Waals surface area contributed by atoms with Crippen LogP contribution in [0.25, 0.3) is 0 Å². The van der Waals surface area contributed by atoms with E-state index in [0.29, 0.717) is 0 Å². The van der Waals surface area contributed by atoms with Gasteiger partial charge in [0.25, 0.3) is 0 Å². The molecular weight excluding hydrogens is 248 g/mol. The first kappa shape index (κ1) is 11.8. The number of nitrogens with zero attached hydrogens (tertiary/aromatic N) is 3. The van der Waals surface area contributed by atoms with Crippen LogP contribution in [0.2, 0.25) is 0 Å². The molecule has 18 heavy (non-hydrogen) atoms. The normalized spacial score (nSPS) is 20.1. The molecule has 2 aromatic heterocycles. The van der Waals surface area contributed by atoms with Crippen LogP contribution in [0.1, 0.15) is 16.8 Å². The zero-order chi connectivity index (χ0) is 12.2. The fourth-order valence-electron chi connectivity index (χ4n) is 2.13. The van der Waals surface area contributed by atoms with Crippen molar-refractivity contribution in [2.24, 2.45) is 0 Å². The molecule has 1 unspecified atom stereocenters. The van der Waals surface area contributed by atoms with Gasteiger partial charge in [-0.05, 0) is 0 Å². The monoisotopic (exact) mass is 264 g/mol. The first-order chi connectivity index (χ1) is 8.93. The summed E-state index contributed by atoms with van der Waals surface area (Å²) in [6.45, 7) is 3.47. The molecule has 3 heterocycles. The highest BCUT2D eigenvalue weighted by Crippen LogP contribution is 2.18. The summed E-state index contributed by atoms with van der Waals surface area (Å²) < 4.78 is 7.93. The number of hydrogen-bond donors (Lipinski definition) is 1. The summed E-state index contributed by atoms with van der Waals surface area (Å²) in [6.07, 6.45) is 6.70. The average molecular weight is 264 g/mol. The van der Waals surface area contributed by atoms with E-state index in [1.807, 2.05) is 24.1 Å². The molecule has 5 nitrogen and oxygen atoms in total. The molecule has 3 rings (SSSR count). The molecular formula is C12H16N4OS. The van der Waals surface area contributed by atoms with Crippen molar-refractivity contribution in [3.05, 3.63) is 34.8 Å². The van der Waals surface area contributed by atoms with E-state index in [4.69, 9.17) is 4.74 Å². The lowest BCUT2D eigenvalue weighted by atomic mass is 10.2. The number of hydrogen-bond acceptors (Lipinski definition) is 5. The number of morpholine rings is 1. The second-order valence-corrected chi connectivity index (χ2v) is 5.23. The van der Waals surface area contributed by atoms with E-state index in [0.717, 1.165) is 43.4 Å². The quantitative estimate of drug-likeness (QED) is 0.903. The van der Waals surface area contributed by atoms with E-state index >= 15 is 0 Å². The second kappa shape index (κ2) is 5.60. The molecule has 1 N–H and O–H groups in total. The summed E-state index contributed by atoms with van der Waals surface area (Å²) in [4.78, 5) is 8.53. The number of nitrogens with one attached hydrogen (secondary N) is 1. The Labute approximate surface area is 110 Å². The van der Waals surface area contributed by atoms with Crippen molar-refractivity contribution in [3.8, 4) is 0 Å². The number of imidazole rings is 1. The van der Waals surface area contributed by atoms with Gasteiger partial charge in [0.15, 0.2) is 0 Å². The molecule has 1 aliphatic rings. The summed E-state index contributed by atoms with van der Waals surface area (Å²) in [5, 5.41) is 6.52. The van der Waals surface area contributed by atoms with E-state index in [1.54, 1.807) is 11.3 Å². The van der Waals surface area contributed by atoms with Gasteiger partial charge in [0.1, 0.15) is 6.10 Å². The standard InChI is InChI=1S/C12H16N4OS/c1(12-15-3-6-18-12)4-16-9-14-7-10(16)11-8-13-2-5-17-11/h3,6-7,9,11,13H,1-2,4-5,8H2. The highest BCUT2D eigenvalue weighted by molar-refractivity contribution is 7.09. The topological polar surface area (TPSA) is 52.0 Å². The fourth-order valence-corrected chi connectivity index (χ4v) is 2.74. The highest BCUT2D eigenvalue weighted by Gasteiger charge is 2.19. The first-order valence-electron chi connectivity index (χ1n) is 6.14. The van der Waals surface area contributed by atoms with Crippen LogP contribution in [0.4, 0.5) is 0 Å². The van der Waals surface area contributed by atoms with Gasteiger partial charge in [0.2, 0.25) is 0 Å². The van der Waals surface area contributed by atoms with Crippen molar-refractivity contribution in [3.63, 3.8) is 0 Å². The predicted molar refractivity (Wildman–Crippen MR) is 69.6 cm³/mol. The van der Waals surface area contributed by atoms with Crippen LogP contribution in [0, 0.1) is 0 Å². The Kier molecular flexibility index (Phi) is 3.68. The lowest BCUT2D eigenvalue weighted by Crippen LogP contribution is -2.34. The van der Waals surface area contributed by atoms with E-state index in [1.165, 1.54) is 0 Å². The molecule has 1 aliphatic heterocycles. The van der Waals surface area contributed by atoms with Crippen LogP contribution in [0.3, 0.4) is 0 Å². The Morgan fingerprint density at radius 1 is 1.56 bits per heavy atom. The summed E-state index contributed by atoms with van der Waals surface area (Å²) in [5.41, 5.74) is 1.15. The van der Waals surface area contributed by atoms with Crippen LogP contribution in [-0.4, -0.2) is 34.2 Å². The van der Waals surface area contributed by atoms with Gasteiger partial charge in [-0.2, -0.15) is 0 Å². The van der Waals surface area contributed by atoms with Gasteiger partial charge in [-0.3, -0.25) is 0 Å². The van der Waals surface area contributed by atoms with Crippen LogP contribution >= 0.6 is 11.3 Å². The number of aromatic nitrogens is 3. The van der Waals surface area contributed by atoms with Crippen molar-refractivity contribution >= 4 is 11.3 Å². The summed E-state index contributed by atoms with van der Waals surface area (Å²) >= 11 is 1.70. The molecule has 0 radical (unpaired) electrons. The molecule has 0 aromatic carbocycles. The maximum Gasteiger partial charge on any atom is 0.111 e. The smallest absolute Gasteiger partial charge is 0.111 e. The van der Waals surface area contributed by atoms with Gasteiger partial charge in [-0.25, -0.2) is 9.97 Å². The fraction of sp³-hybridized carbons (Fsp3) is 0.500. The highest BCUT2D eigenvalue weighted by atomic mass is 32.1. The molecule has 2 aromatic rings. The van der Waals surface area contributed by atoms with E-state index in [9.17, 15) is 0 Å². The van der Waals surface area contributed by atoms with Gasteiger partial charge >= 0.3 is 0 Å². The number of thiazole rings is 1. The average Bonchev–Trinajstić information content (AvgIpc) is 3.09. The Hall–Kier alpha value is -1.24. The van der Waals surface area contributed by atoms with Crippen molar-refractivity contribution in [2.75, 3.05) is 19.7 Å². The third kappa shape index (κ3) is 2.60. The Balaban J connectivity index is 1.67. The summed E-state index contributed by atoms with van der Waals surface area (Å²) in [7, 11) is 0. The van der Waals surface area contributed by atoms with Gasteiger partial charge in [-0.1, -0.05) is 0 Å². The second-order valence-electron chi connectivity index (χ2n) is 4.25. The number of rotatable bonds is 4. The molecule has 0 amide bonds. The number of ether oxygens (including phenoxy) is 1. The molecule has 1 fully saturated rings. The van der Waals surface area contributed by atoms with Crippen LogP contribution < -0.4 is 5.32 Å². The van der Waals surface area contributed by atoms with Crippen LogP contribution in [0.5, 0.6) is 0 Å². The van der Waals surface area contributed by atoms with Gasteiger partial charge in [-0.15, -0.1) is 11.3 Å². The van der Waals surface area contributed by atoms with Crippen molar-refractivity contribution in [1.29, 1.82) is 0 Å². The van der Waals surface area contributed by atoms with Crippen LogP contribution in [-0.2, 0) is 17.7 Å². The number of aryl methyl sites for hydroxylation is 2. The maximum atomic E-state index is 5.76. The minimum Gasteiger partial charge on any atom is -0.369 e. The molecule has 6 heteroatoms. The Morgan fingerprint density at radius 2 is 2.56 bits per heavy atom. The van der Waals surface area contributed by atoms with Gasteiger partial charge in [0, 0.05) is 37.6 Å². The largest absolute Gasteiger partial charge is 0.369 e. The molecule has 1 atom stereocenters. The third-order valence-electron chi connectivity index (χ3n) is 3.05.